The van der Waals surface area contributed by atoms with Crippen molar-refractivity contribution in [3.8, 4) is 0 Å². The Labute approximate surface area is 418 Å². The highest BCUT2D eigenvalue weighted by Crippen LogP contribution is 2.48. The molecule has 0 fully saturated rings. The van der Waals surface area contributed by atoms with Crippen molar-refractivity contribution in [3.63, 3.8) is 0 Å². The van der Waals surface area contributed by atoms with E-state index in [1.165, 1.54) is 71.8 Å². The van der Waals surface area contributed by atoms with Gasteiger partial charge in [-0.05, 0) is 63.9 Å². The number of non-ortho nitro benzene ring substituents is 2. The van der Waals surface area contributed by atoms with Gasteiger partial charge in [0.1, 0.15) is 0 Å². The molecule has 1 amide bonds. The predicted octanol–water partition coefficient (Wildman–Crippen LogP) is 5.51. The summed E-state index contributed by atoms with van der Waals surface area (Å²) in [6.07, 6.45) is 5.31. The highest BCUT2D eigenvalue weighted by molar-refractivity contribution is 7.89. The van der Waals surface area contributed by atoms with Crippen molar-refractivity contribution in [2.45, 2.75) is 21.6 Å². The fraction of sp³-hybridized carbons (Fsp3) is 0.238. The van der Waals surface area contributed by atoms with Crippen LogP contribution in [0.2, 0.25) is 0 Å². The molecule has 30 heteroatoms. The van der Waals surface area contributed by atoms with E-state index in [1.54, 1.807) is 17.0 Å². The molecule has 0 saturated carbocycles. The van der Waals surface area contributed by atoms with Crippen LogP contribution in [0.4, 0.5) is 22.7 Å². The number of amides is 1. The average Bonchev–Trinajstić information content (AvgIpc) is 3.89. The summed E-state index contributed by atoms with van der Waals surface area (Å²) in [7, 11) is -18.4. The number of fused-ring (bicyclic) bond motifs is 6. The van der Waals surface area contributed by atoms with E-state index in [4.69, 9.17) is 42.8 Å². The van der Waals surface area contributed by atoms with Crippen LogP contribution < -0.4 is 19.2 Å². The number of nitro benzene ring substituents is 2. The molecule has 0 aliphatic carbocycles. The summed E-state index contributed by atoms with van der Waals surface area (Å²) >= 11 is 12.7. The minimum absolute atomic E-state index is 0.00830. The van der Waals surface area contributed by atoms with E-state index in [0.29, 0.717) is 27.8 Å². The normalized spacial score (nSPS) is 16.3. The minimum Gasteiger partial charge on any atom is -0.347 e. The quantitative estimate of drug-likeness (QED) is 0.0100. The van der Waals surface area contributed by atoms with E-state index >= 15 is 0 Å². The Kier molecular flexibility index (Phi) is 16.2. The number of nitrogens with zero attached hydrogens (tertiary/aromatic N) is 4. The fourth-order valence-electron chi connectivity index (χ4n) is 8.34. The van der Waals surface area contributed by atoms with Gasteiger partial charge in [-0.15, -0.1) is 23.2 Å². The van der Waals surface area contributed by atoms with Crippen LogP contribution in [0, 0.1) is 20.2 Å². The van der Waals surface area contributed by atoms with E-state index in [0.717, 1.165) is 18.2 Å². The monoisotopic (exact) mass is 1110 g/mol. The Morgan fingerprint density at radius 1 is 0.708 bits per heavy atom. The van der Waals surface area contributed by atoms with Gasteiger partial charge in [-0.25, -0.2) is 35.4 Å². The number of alkyl halides is 2. The largest absolute Gasteiger partial charge is 0.469 e. The summed E-state index contributed by atoms with van der Waals surface area (Å²) in [4.78, 5) is 88.4. The van der Waals surface area contributed by atoms with Gasteiger partial charge in [0.05, 0.1) is 55.0 Å². The molecule has 24 nitrogen and oxygen atoms in total. The predicted molar refractivity (Wildman–Crippen MR) is 263 cm³/mol. The number of halogens is 2. The van der Waals surface area contributed by atoms with Crippen LogP contribution in [0.25, 0.3) is 27.6 Å². The second kappa shape index (κ2) is 21.5. The molecule has 2 atom stereocenters. The molecule has 2 aliphatic heterocycles. The number of allylic oxidation sites excluding steroid dienone is 1. The van der Waals surface area contributed by atoms with Gasteiger partial charge in [0.2, 0.25) is 20.0 Å². The lowest BCUT2D eigenvalue weighted by molar-refractivity contribution is -0.383. The second-order valence-corrected chi connectivity index (χ2v) is 22.6. The Bertz CT molecular complexity index is 3450. The van der Waals surface area contributed by atoms with Crippen molar-refractivity contribution in [3.05, 3.63) is 134 Å². The standard InChI is InChI=1S/C42H40Cl2N6O18P2S2/c43-21-27-23-47(37-19-35(49(53)54)33-17-29(5-7-31(33)41(27)37)71(63,64)45-11-14-67-69(57,58)59)13-10-39(51)26-3-1-2-25(16-26)4-9-40(52)48-24-28(22-44)42-32-8-6-30(18-34(32)36(50(55)56)20-38(42)48)72(65,66)46-12-15-68-70(60,61)62/h1-10,13,16-20,27-28,45-46H,11-12,14-15,21-24H2,(H2,57,58,59)(H2,60,61,62). The van der Waals surface area contributed by atoms with Crippen molar-refractivity contribution < 1.29 is 74.0 Å². The fourth-order valence-corrected chi connectivity index (χ4v) is 11.6. The number of ketones is 1. The molecular formula is C42H40Cl2N6O18P2S2. The molecule has 2 heterocycles. The van der Waals surface area contributed by atoms with Crippen molar-refractivity contribution in [2.75, 3.05) is 61.0 Å². The van der Waals surface area contributed by atoms with E-state index in [2.05, 4.69) is 18.5 Å². The number of anilines is 2. The summed E-state index contributed by atoms with van der Waals surface area (Å²) in [6, 6.07) is 15.9. The molecule has 7 rings (SSSR count). The van der Waals surface area contributed by atoms with Crippen LogP contribution in [0.3, 0.4) is 0 Å². The lowest BCUT2D eigenvalue weighted by Gasteiger charge is -2.16. The number of hydrogen-bond donors (Lipinski definition) is 6. The van der Waals surface area contributed by atoms with Crippen molar-refractivity contribution in [1.82, 2.24) is 9.44 Å². The molecule has 0 spiro atoms. The highest BCUT2D eigenvalue weighted by Gasteiger charge is 2.37. The van der Waals surface area contributed by atoms with Gasteiger partial charge in [-0.2, -0.15) is 0 Å². The van der Waals surface area contributed by atoms with Crippen LogP contribution in [0.15, 0.2) is 101 Å². The Balaban J connectivity index is 1.10. The SMILES string of the molecule is O=C(C=CN1CC(CCl)c2c1cc([N+](=O)[O-])c1cc(S(=O)(=O)NCCOP(=O)(O)O)ccc21)c1cccc(C=CC(=O)N2CC(CCl)c3c2cc([N+](=O)[O-])c2cc(S(=O)(=O)NCCOP(=O)(O)O)ccc32)c1. The van der Waals surface area contributed by atoms with Gasteiger partial charge in [0, 0.05) is 85.8 Å². The van der Waals surface area contributed by atoms with Gasteiger partial charge >= 0.3 is 15.6 Å². The molecular weight excluding hydrogens is 1070 g/mol. The van der Waals surface area contributed by atoms with E-state index < -0.39 is 107 Å². The first kappa shape index (κ1) is 54.2. The minimum atomic E-state index is -4.87. The first-order valence-electron chi connectivity index (χ1n) is 20.9. The molecule has 5 aromatic carbocycles. The molecule has 5 aromatic rings. The number of phosphoric acid groups is 2. The van der Waals surface area contributed by atoms with E-state index in [1.807, 2.05) is 0 Å². The number of benzene rings is 5. The van der Waals surface area contributed by atoms with Crippen molar-refractivity contribution >= 4 is 121 Å². The third kappa shape index (κ3) is 12.1. The Hall–Kier alpha value is -5.54. The number of nitro groups is 2. The third-order valence-electron chi connectivity index (χ3n) is 11.4. The first-order valence-corrected chi connectivity index (χ1v) is 28.0. The first-order chi connectivity index (χ1) is 33.8. The van der Waals surface area contributed by atoms with Crippen LogP contribution in [-0.4, -0.2) is 109 Å². The van der Waals surface area contributed by atoms with Gasteiger partial charge in [0.15, 0.2) is 5.78 Å². The maximum absolute atomic E-state index is 13.8. The van der Waals surface area contributed by atoms with Gasteiger partial charge < -0.3 is 29.4 Å². The van der Waals surface area contributed by atoms with E-state index in [-0.39, 0.29) is 62.0 Å². The summed E-state index contributed by atoms with van der Waals surface area (Å²) in [5.74, 6) is -2.02. The molecule has 0 bridgehead atoms. The maximum Gasteiger partial charge on any atom is 0.469 e. The maximum atomic E-state index is 13.8. The zero-order valence-corrected chi connectivity index (χ0v) is 41.7. The molecule has 0 radical (unpaired) electrons. The van der Waals surface area contributed by atoms with Crippen molar-refractivity contribution in [2.24, 2.45) is 0 Å². The van der Waals surface area contributed by atoms with Crippen LogP contribution in [0.1, 0.15) is 38.9 Å². The summed E-state index contributed by atoms with van der Waals surface area (Å²) < 4.78 is 86.8. The molecule has 2 aliphatic rings. The molecule has 382 valence electrons. The topological polar surface area (TPSA) is 353 Å². The number of rotatable bonds is 21. The number of hydrogen-bond acceptors (Lipinski definition) is 15. The van der Waals surface area contributed by atoms with E-state index in [9.17, 15) is 55.8 Å². The molecule has 0 aromatic heterocycles. The van der Waals surface area contributed by atoms with Crippen molar-refractivity contribution in [1.29, 1.82) is 0 Å². The number of nitrogens with one attached hydrogen (secondary N) is 2. The van der Waals surface area contributed by atoms with Gasteiger partial charge in [-0.1, -0.05) is 30.3 Å². The number of carbonyl (C=O) groups is 2. The zero-order valence-electron chi connectivity index (χ0n) is 36.8. The van der Waals surface area contributed by atoms with Crippen LogP contribution in [-0.2, 0) is 43.0 Å². The smallest absolute Gasteiger partial charge is 0.347 e. The zero-order chi connectivity index (χ0) is 52.5. The van der Waals surface area contributed by atoms with Crippen LogP contribution >= 0.6 is 38.8 Å². The number of phosphoric ester groups is 2. The second-order valence-electron chi connectivity index (χ2n) is 16.0. The van der Waals surface area contributed by atoms with Gasteiger partial charge in [-0.3, -0.25) is 38.9 Å². The summed E-state index contributed by atoms with van der Waals surface area (Å²) in [5, 5.41) is 25.3. The molecule has 6 N–H and O–H groups in total. The molecule has 72 heavy (non-hydrogen) atoms. The Morgan fingerprint density at radius 3 is 1.71 bits per heavy atom. The summed E-state index contributed by atoms with van der Waals surface area (Å²) in [5.41, 5.74) is 1.17. The van der Waals surface area contributed by atoms with Gasteiger partial charge in [0.25, 0.3) is 17.3 Å². The Morgan fingerprint density at radius 2 is 1.21 bits per heavy atom. The highest BCUT2D eigenvalue weighted by atomic mass is 35.5. The number of carbonyl (C=O) groups excluding carboxylic acids is 2. The molecule has 0 saturated heterocycles. The lowest BCUT2D eigenvalue weighted by Crippen LogP contribution is -2.28. The lowest BCUT2D eigenvalue weighted by atomic mass is 9.95. The summed E-state index contributed by atoms with van der Waals surface area (Å²) in [6.45, 7) is -2.15. The number of sulfonamides is 2. The average molecular weight is 1110 g/mol. The van der Waals surface area contributed by atoms with Crippen LogP contribution in [0.5, 0.6) is 0 Å². The molecule has 2 unspecified atom stereocenters. The third-order valence-corrected chi connectivity index (χ3v) is 16.1.